The lowest BCUT2D eigenvalue weighted by atomic mass is 9.69. The number of nitrogens with zero attached hydrogens (tertiary/aromatic N) is 1. The SMILES string of the molecule is CCOCCCNC(=O)C1CCN(C(=O)NC2CC3CCC2(C)C3(C)C)CC1. The monoisotopic (exact) mass is 393 g/mol. The van der Waals surface area contributed by atoms with E-state index in [-0.39, 0.29) is 29.3 Å². The van der Waals surface area contributed by atoms with Gasteiger partial charge < -0.3 is 20.3 Å². The largest absolute Gasteiger partial charge is 0.382 e. The van der Waals surface area contributed by atoms with Gasteiger partial charge in [-0.2, -0.15) is 0 Å². The number of ether oxygens (including phenoxy) is 1. The number of carbonyl (C=O) groups is 2. The predicted molar refractivity (Wildman–Crippen MR) is 110 cm³/mol. The van der Waals surface area contributed by atoms with Crippen LogP contribution in [-0.4, -0.2) is 55.7 Å². The Hall–Kier alpha value is -1.30. The third kappa shape index (κ3) is 4.03. The fraction of sp³-hybridized carbons (Fsp3) is 0.909. The van der Waals surface area contributed by atoms with Gasteiger partial charge in [0.1, 0.15) is 0 Å². The van der Waals surface area contributed by atoms with Gasteiger partial charge >= 0.3 is 6.03 Å². The van der Waals surface area contributed by atoms with Crippen LogP contribution < -0.4 is 10.6 Å². The second-order valence-electron chi connectivity index (χ2n) is 9.72. The highest BCUT2D eigenvalue weighted by atomic mass is 16.5. The maximum absolute atomic E-state index is 12.8. The summed E-state index contributed by atoms with van der Waals surface area (Å²) in [7, 11) is 0. The van der Waals surface area contributed by atoms with Crippen LogP contribution in [0.2, 0.25) is 0 Å². The van der Waals surface area contributed by atoms with Crippen molar-refractivity contribution < 1.29 is 14.3 Å². The van der Waals surface area contributed by atoms with Gasteiger partial charge in [0.2, 0.25) is 5.91 Å². The first-order chi connectivity index (χ1) is 13.3. The molecule has 28 heavy (non-hydrogen) atoms. The molecule has 6 nitrogen and oxygen atoms in total. The van der Waals surface area contributed by atoms with Gasteiger partial charge in [-0.3, -0.25) is 4.79 Å². The van der Waals surface area contributed by atoms with E-state index in [0.29, 0.717) is 38.3 Å². The van der Waals surface area contributed by atoms with Crippen molar-refractivity contribution in [3.63, 3.8) is 0 Å². The minimum Gasteiger partial charge on any atom is -0.382 e. The van der Waals surface area contributed by atoms with E-state index in [4.69, 9.17) is 4.74 Å². The smallest absolute Gasteiger partial charge is 0.317 e. The lowest BCUT2D eigenvalue weighted by molar-refractivity contribution is -0.126. The minimum atomic E-state index is 0.0232. The molecule has 1 aliphatic heterocycles. The van der Waals surface area contributed by atoms with Gasteiger partial charge in [-0.05, 0) is 62.2 Å². The van der Waals surface area contributed by atoms with Crippen LogP contribution in [0, 0.1) is 22.7 Å². The average molecular weight is 394 g/mol. The molecule has 3 aliphatic rings. The van der Waals surface area contributed by atoms with Crippen LogP contribution in [0.3, 0.4) is 0 Å². The molecule has 3 rings (SSSR count). The average Bonchev–Trinajstić information content (AvgIpc) is 3.01. The number of fused-ring (bicyclic) bond motifs is 2. The molecule has 3 unspecified atom stereocenters. The zero-order valence-electron chi connectivity index (χ0n) is 18.2. The van der Waals surface area contributed by atoms with Crippen LogP contribution in [-0.2, 0) is 9.53 Å². The third-order valence-corrected chi connectivity index (χ3v) is 8.21. The number of piperidine rings is 1. The van der Waals surface area contributed by atoms with Crippen LogP contribution in [0.15, 0.2) is 0 Å². The molecule has 3 atom stereocenters. The second kappa shape index (κ2) is 8.60. The Morgan fingerprint density at radius 1 is 1.14 bits per heavy atom. The van der Waals surface area contributed by atoms with E-state index in [1.807, 2.05) is 11.8 Å². The third-order valence-electron chi connectivity index (χ3n) is 8.21. The van der Waals surface area contributed by atoms with Gasteiger partial charge in [0.25, 0.3) is 0 Å². The highest BCUT2D eigenvalue weighted by Crippen LogP contribution is 2.65. The zero-order chi connectivity index (χ0) is 20.4. The Balaban J connectivity index is 1.40. The Morgan fingerprint density at radius 2 is 1.86 bits per heavy atom. The van der Waals surface area contributed by atoms with E-state index < -0.39 is 0 Å². The van der Waals surface area contributed by atoms with Crippen molar-refractivity contribution in [1.29, 1.82) is 0 Å². The maximum Gasteiger partial charge on any atom is 0.317 e. The van der Waals surface area contributed by atoms with Crippen LogP contribution in [0.5, 0.6) is 0 Å². The quantitative estimate of drug-likeness (QED) is 0.653. The Labute approximate surface area is 170 Å². The zero-order valence-corrected chi connectivity index (χ0v) is 18.2. The molecule has 2 aliphatic carbocycles. The molecular weight excluding hydrogens is 354 g/mol. The van der Waals surface area contributed by atoms with Crippen molar-refractivity contribution in [3.8, 4) is 0 Å². The van der Waals surface area contributed by atoms with Crippen LogP contribution in [0.25, 0.3) is 0 Å². The minimum absolute atomic E-state index is 0.0232. The Kier molecular flexibility index (Phi) is 6.58. The number of nitrogens with one attached hydrogen (secondary N) is 2. The van der Waals surface area contributed by atoms with Crippen molar-refractivity contribution in [1.82, 2.24) is 15.5 Å². The summed E-state index contributed by atoms with van der Waals surface area (Å²) in [6, 6.07) is 0.338. The lowest BCUT2D eigenvalue weighted by Crippen LogP contribution is -2.53. The van der Waals surface area contributed by atoms with Crippen molar-refractivity contribution in [2.75, 3.05) is 32.8 Å². The first-order valence-electron chi connectivity index (χ1n) is 11.2. The summed E-state index contributed by atoms with van der Waals surface area (Å²) in [5.41, 5.74) is 0.505. The van der Waals surface area contributed by atoms with Gasteiger partial charge in [-0.25, -0.2) is 4.79 Å². The van der Waals surface area contributed by atoms with E-state index in [1.165, 1.54) is 12.8 Å². The molecule has 0 radical (unpaired) electrons. The number of rotatable bonds is 7. The molecule has 2 saturated carbocycles. The molecule has 2 N–H and O–H groups in total. The van der Waals surface area contributed by atoms with Crippen molar-refractivity contribution in [3.05, 3.63) is 0 Å². The summed E-state index contributed by atoms with van der Waals surface area (Å²) >= 11 is 0. The molecular formula is C22H39N3O3. The molecule has 0 aromatic heterocycles. The molecule has 6 heteroatoms. The highest BCUT2D eigenvalue weighted by molar-refractivity contribution is 5.79. The number of likely N-dealkylation sites (tertiary alicyclic amines) is 1. The van der Waals surface area contributed by atoms with E-state index in [1.54, 1.807) is 0 Å². The van der Waals surface area contributed by atoms with Gasteiger partial charge in [0.05, 0.1) is 0 Å². The molecule has 2 bridgehead atoms. The van der Waals surface area contributed by atoms with E-state index in [0.717, 1.165) is 31.6 Å². The number of urea groups is 1. The van der Waals surface area contributed by atoms with Crippen molar-refractivity contribution in [2.45, 2.75) is 72.3 Å². The summed E-state index contributed by atoms with van der Waals surface area (Å²) in [6.07, 6.45) is 5.96. The number of hydrogen-bond donors (Lipinski definition) is 2. The topological polar surface area (TPSA) is 70.7 Å². The van der Waals surface area contributed by atoms with Crippen molar-refractivity contribution in [2.24, 2.45) is 22.7 Å². The van der Waals surface area contributed by atoms with E-state index >= 15 is 0 Å². The number of hydrogen-bond acceptors (Lipinski definition) is 3. The van der Waals surface area contributed by atoms with Crippen LogP contribution >= 0.6 is 0 Å². The fourth-order valence-corrected chi connectivity index (χ4v) is 5.68. The molecule has 1 heterocycles. The number of carbonyl (C=O) groups excluding carboxylic acids is 2. The molecule has 3 fully saturated rings. The Morgan fingerprint density at radius 3 is 2.43 bits per heavy atom. The molecule has 0 aromatic rings. The van der Waals surface area contributed by atoms with Crippen LogP contribution in [0.1, 0.15) is 66.2 Å². The summed E-state index contributed by atoms with van der Waals surface area (Å²) in [5, 5.41) is 6.35. The van der Waals surface area contributed by atoms with Gasteiger partial charge in [0.15, 0.2) is 0 Å². The molecule has 0 aromatic carbocycles. The summed E-state index contributed by atoms with van der Waals surface area (Å²) < 4.78 is 5.29. The maximum atomic E-state index is 12.8. The number of amides is 3. The van der Waals surface area contributed by atoms with Gasteiger partial charge in [0, 0.05) is 44.8 Å². The van der Waals surface area contributed by atoms with E-state index in [9.17, 15) is 9.59 Å². The first-order valence-corrected chi connectivity index (χ1v) is 11.2. The van der Waals surface area contributed by atoms with Gasteiger partial charge in [-0.1, -0.05) is 20.8 Å². The molecule has 1 saturated heterocycles. The fourth-order valence-electron chi connectivity index (χ4n) is 5.68. The standard InChI is InChI=1S/C22H39N3O3/c1-5-28-14-6-11-23-19(26)16-8-12-25(13-9-16)20(27)24-18-15-17-7-10-22(18,4)21(17,2)3/h16-18H,5-15H2,1-4H3,(H,23,26)(H,24,27). The predicted octanol–water partition coefficient (Wildman–Crippen LogP) is 3.17. The second-order valence-corrected chi connectivity index (χ2v) is 9.72. The van der Waals surface area contributed by atoms with Gasteiger partial charge in [-0.15, -0.1) is 0 Å². The highest BCUT2D eigenvalue weighted by Gasteiger charge is 2.61. The molecule has 3 amide bonds. The first kappa shape index (κ1) is 21.4. The Bertz CT molecular complexity index is 571. The lowest BCUT2D eigenvalue weighted by Gasteiger charge is -2.40. The van der Waals surface area contributed by atoms with E-state index in [2.05, 4.69) is 31.4 Å². The molecule has 160 valence electrons. The van der Waals surface area contributed by atoms with Crippen LogP contribution in [0.4, 0.5) is 4.79 Å². The summed E-state index contributed by atoms with van der Waals surface area (Å²) in [5.74, 6) is 0.869. The molecule has 0 spiro atoms. The summed E-state index contributed by atoms with van der Waals surface area (Å²) in [6.45, 7) is 12.5. The summed E-state index contributed by atoms with van der Waals surface area (Å²) in [4.78, 5) is 27.1. The van der Waals surface area contributed by atoms with Crippen molar-refractivity contribution >= 4 is 11.9 Å². The normalized spacial score (nSPS) is 31.8.